The molecule has 0 saturated heterocycles. The van der Waals surface area contributed by atoms with E-state index in [0.717, 1.165) is 0 Å². The van der Waals surface area contributed by atoms with Gasteiger partial charge in [-0.05, 0) is 30.1 Å². The maximum Gasteiger partial charge on any atom is -0.000473 e. The molecule has 0 amide bonds. The fourth-order valence-electron chi connectivity index (χ4n) is 1.05. The molecular weight excluding hydrogens is 271 g/mol. The van der Waals surface area contributed by atoms with Gasteiger partial charge in [-0.15, -0.1) is 0 Å². The molecule has 0 aliphatic rings. The molecule has 0 spiro atoms. The number of hydrogen-bond acceptors (Lipinski definition) is 0. The van der Waals surface area contributed by atoms with Gasteiger partial charge in [-0.1, -0.05) is 66.7 Å². The van der Waals surface area contributed by atoms with Crippen LogP contribution >= 0.6 is 22.6 Å². The van der Waals surface area contributed by atoms with Gasteiger partial charge in [-0.3, -0.25) is 0 Å². The Bertz CT molecular complexity index is 136. The fraction of sp³-hybridized carbons (Fsp3) is 0.667. The monoisotopic (exact) mass is 292 g/mol. The summed E-state index contributed by atoms with van der Waals surface area (Å²) in [5.41, 5.74) is 0. The molecule has 0 aromatic carbocycles. The highest BCUT2D eigenvalue weighted by atomic mass is 127. The first-order valence-corrected chi connectivity index (χ1v) is 6.82. The quantitative estimate of drug-likeness (QED) is 0.258. The Balaban J connectivity index is 3.12. The summed E-state index contributed by atoms with van der Waals surface area (Å²) in [6, 6.07) is 0. The highest BCUT2D eigenvalue weighted by Crippen LogP contribution is 2.02. The molecule has 0 nitrogen and oxygen atoms in total. The smallest absolute Gasteiger partial charge is 0.000473 e. The van der Waals surface area contributed by atoms with E-state index in [0.29, 0.717) is 0 Å². The highest BCUT2D eigenvalue weighted by Gasteiger charge is 1.83. The summed E-state index contributed by atoms with van der Waals surface area (Å²) in [6.07, 6.45) is 16.7. The summed E-state index contributed by atoms with van der Waals surface area (Å²) in [6.45, 7) is 2.21. The number of rotatable bonds is 8. The van der Waals surface area contributed by atoms with E-state index in [9.17, 15) is 0 Å². The zero-order valence-electron chi connectivity index (χ0n) is 8.64. The van der Waals surface area contributed by atoms with Crippen LogP contribution in [0.1, 0.15) is 45.4 Å². The van der Waals surface area contributed by atoms with Crippen LogP contribution < -0.4 is 0 Å². The zero-order valence-corrected chi connectivity index (χ0v) is 10.8. The van der Waals surface area contributed by atoms with Crippen molar-refractivity contribution in [2.75, 3.05) is 4.43 Å². The molecule has 0 heterocycles. The van der Waals surface area contributed by atoms with Crippen molar-refractivity contribution < 1.29 is 0 Å². The maximum absolute atomic E-state index is 2.44. The molecule has 13 heavy (non-hydrogen) atoms. The lowest BCUT2D eigenvalue weighted by Gasteiger charge is -1.92. The number of unbranched alkanes of at least 4 members (excludes halogenated alkanes) is 4. The van der Waals surface area contributed by atoms with Crippen molar-refractivity contribution in [3.63, 3.8) is 0 Å². The molecule has 76 valence electrons. The lowest BCUT2D eigenvalue weighted by atomic mass is 10.2. The van der Waals surface area contributed by atoms with Gasteiger partial charge in [0.05, 0.1) is 0 Å². The van der Waals surface area contributed by atoms with E-state index in [1.807, 2.05) is 0 Å². The van der Waals surface area contributed by atoms with Crippen LogP contribution in [0.25, 0.3) is 0 Å². The molecule has 0 atom stereocenters. The Morgan fingerprint density at radius 1 is 0.923 bits per heavy atom. The number of halogens is 1. The van der Waals surface area contributed by atoms with Gasteiger partial charge in [-0.2, -0.15) is 0 Å². The van der Waals surface area contributed by atoms with Crippen LogP contribution in [0, 0.1) is 0 Å². The van der Waals surface area contributed by atoms with Crippen LogP contribution in [-0.4, -0.2) is 4.43 Å². The first-order valence-electron chi connectivity index (χ1n) is 5.29. The van der Waals surface area contributed by atoms with Crippen LogP contribution in [-0.2, 0) is 0 Å². The summed E-state index contributed by atoms with van der Waals surface area (Å²) in [4.78, 5) is 0. The van der Waals surface area contributed by atoms with E-state index >= 15 is 0 Å². The lowest BCUT2D eigenvalue weighted by molar-refractivity contribution is 0.739. The van der Waals surface area contributed by atoms with Crippen LogP contribution in [0.3, 0.4) is 0 Å². The van der Waals surface area contributed by atoms with Crippen molar-refractivity contribution in [3.05, 3.63) is 24.3 Å². The SMILES string of the molecule is CCC/C=C\C=C\CCCCCI. The average molecular weight is 292 g/mol. The van der Waals surface area contributed by atoms with E-state index in [-0.39, 0.29) is 0 Å². The average Bonchev–Trinajstić information content (AvgIpc) is 2.16. The van der Waals surface area contributed by atoms with Gasteiger partial charge < -0.3 is 0 Å². The second-order valence-electron chi connectivity index (χ2n) is 3.18. The third-order valence-corrected chi connectivity index (χ3v) is 2.61. The molecule has 1 heteroatoms. The normalized spacial score (nSPS) is 11.8. The number of allylic oxidation sites excluding steroid dienone is 4. The molecule has 0 bridgehead atoms. The second-order valence-corrected chi connectivity index (χ2v) is 4.26. The molecule has 0 radical (unpaired) electrons. The molecule has 0 unspecified atom stereocenters. The summed E-state index contributed by atoms with van der Waals surface area (Å²) < 4.78 is 1.30. The van der Waals surface area contributed by atoms with Gasteiger partial charge in [0.2, 0.25) is 0 Å². The van der Waals surface area contributed by atoms with E-state index in [1.165, 1.54) is 43.0 Å². The first-order chi connectivity index (χ1) is 6.41. The molecule has 0 saturated carbocycles. The third-order valence-electron chi connectivity index (χ3n) is 1.84. The van der Waals surface area contributed by atoms with Gasteiger partial charge in [0.15, 0.2) is 0 Å². The van der Waals surface area contributed by atoms with Crippen LogP contribution in [0.2, 0.25) is 0 Å². The predicted octanol–water partition coefficient (Wildman–Crippen LogP) is 4.89. The van der Waals surface area contributed by atoms with Gasteiger partial charge >= 0.3 is 0 Å². The van der Waals surface area contributed by atoms with E-state index in [4.69, 9.17) is 0 Å². The summed E-state index contributed by atoms with van der Waals surface area (Å²) >= 11 is 2.44. The maximum atomic E-state index is 2.44. The molecule has 0 aromatic rings. The van der Waals surface area contributed by atoms with Crippen molar-refractivity contribution in [1.82, 2.24) is 0 Å². The largest absolute Gasteiger partial charge is 0.0864 e. The minimum absolute atomic E-state index is 1.21. The van der Waals surface area contributed by atoms with Gasteiger partial charge in [0.25, 0.3) is 0 Å². The Labute approximate surface area is 96.6 Å². The summed E-state index contributed by atoms with van der Waals surface area (Å²) in [5.74, 6) is 0. The van der Waals surface area contributed by atoms with Gasteiger partial charge in [0.1, 0.15) is 0 Å². The van der Waals surface area contributed by atoms with Crippen LogP contribution in [0.15, 0.2) is 24.3 Å². The standard InChI is InChI=1S/C12H21I/c1-2-3-4-5-6-7-8-9-10-11-12-13/h4-7H,2-3,8-12H2,1H3/b5-4-,7-6+. The Hall–Kier alpha value is 0.210. The van der Waals surface area contributed by atoms with Crippen molar-refractivity contribution in [1.29, 1.82) is 0 Å². The minimum Gasteiger partial charge on any atom is -0.0864 e. The molecule has 0 fully saturated rings. The van der Waals surface area contributed by atoms with Crippen molar-refractivity contribution in [2.24, 2.45) is 0 Å². The minimum atomic E-state index is 1.21. The zero-order chi connectivity index (χ0) is 9.78. The topological polar surface area (TPSA) is 0 Å². The molecular formula is C12H21I. The second kappa shape index (κ2) is 12.2. The molecule has 0 rings (SSSR count). The predicted molar refractivity (Wildman–Crippen MR) is 70.5 cm³/mol. The van der Waals surface area contributed by atoms with Crippen LogP contribution in [0.5, 0.6) is 0 Å². The van der Waals surface area contributed by atoms with Crippen molar-refractivity contribution >= 4 is 22.6 Å². The molecule has 0 aliphatic carbocycles. The number of hydrogen-bond donors (Lipinski definition) is 0. The molecule has 0 N–H and O–H groups in total. The van der Waals surface area contributed by atoms with Crippen LogP contribution in [0.4, 0.5) is 0 Å². The summed E-state index contributed by atoms with van der Waals surface area (Å²) in [5, 5.41) is 0. The highest BCUT2D eigenvalue weighted by molar-refractivity contribution is 14.1. The lowest BCUT2D eigenvalue weighted by Crippen LogP contribution is -1.75. The van der Waals surface area contributed by atoms with Crippen molar-refractivity contribution in [2.45, 2.75) is 45.4 Å². The Kier molecular flexibility index (Phi) is 12.4. The van der Waals surface area contributed by atoms with Gasteiger partial charge in [0, 0.05) is 0 Å². The third kappa shape index (κ3) is 12.2. The molecule has 0 aromatic heterocycles. The molecule has 0 aliphatic heterocycles. The van der Waals surface area contributed by atoms with E-state index in [2.05, 4.69) is 53.8 Å². The van der Waals surface area contributed by atoms with E-state index < -0.39 is 0 Å². The fourth-order valence-corrected chi connectivity index (χ4v) is 1.59. The first kappa shape index (κ1) is 13.2. The number of alkyl halides is 1. The van der Waals surface area contributed by atoms with E-state index in [1.54, 1.807) is 0 Å². The van der Waals surface area contributed by atoms with Crippen molar-refractivity contribution in [3.8, 4) is 0 Å². The van der Waals surface area contributed by atoms with Gasteiger partial charge in [-0.25, -0.2) is 0 Å². The Morgan fingerprint density at radius 2 is 1.62 bits per heavy atom. The Morgan fingerprint density at radius 3 is 2.23 bits per heavy atom. The summed E-state index contributed by atoms with van der Waals surface area (Å²) in [7, 11) is 0.